The first-order valence-electron chi connectivity index (χ1n) is 6.57. The van der Waals surface area contributed by atoms with Crippen molar-refractivity contribution in [3.05, 3.63) is 35.9 Å². The predicted octanol–water partition coefficient (Wildman–Crippen LogP) is 3.72. The Bertz CT molecular complexity index is 336. The fraction of sp³-hybridized carbons (Fsp3) is 0.600. The summed E-state index contributed by atoms with van der Waals surface area (Å²) in [6.07, 6.45) is 0. The lowest BCUT2D eigenvalue weighted by atomic mass is 9.94. The lowest BCUT2D eigenvalue weighted by molar-refractivity contribution is 0.337. The van der Waals surface area contributed by atoms with E-state index in [1.54, 1.807) is 0 Å². The van der Waals surface area contributed by atoms with Gasteiger partial charge in [-0.2, -0.15) is 11.8 Å². The fourth-order valence-electron chi connectivity index (χ4n) is 2.44. The van der Waals surface area contributed by atoms with E-state index in [1.807, 2.05) is 0 Å². The van der Waals surface area contributed by atoms with Crippen molar-refractivity contribution in [1.82, 2.24) is 5.32 Å². The van der Waals surface area contributed by atoms with E-state index in [2.05, 4.69) is 68.2 Å². The Kier molecular flexibility index (Phi) is 4.52. The Morgan fingerprint density at radius 1 is 1.18 bits per heavy atom. The van der Waals surface area contributed by atoms with Crippen LogP contribution in [0.3, 0.4) is 0 Å². The lowest BCUT2D eigenvalue weighted by Crippen LogP contribution is -2.39. The van der Waals surface area contributed by atoms with Crippen LogP contribution in [0.25, 0.3) is 0 Å². The van der Waals surface area contributed by atoms with E-state index in [0.717, 1.165) is 5.92 Å². The highest BCUT2D eigenvalue weighted by Crippen LogP contribution is 2.28. The van der Waals surface area contributed by atoms with Gasteiger partial charge in [-0.3, -0.25) is 0 Å². The van der Waals surface area contributed by atoms with Crippen LogP contribution in [0.4, 0.5) is 0 Å². The second-order valence-corrected chi connectivity index (χ2v) is 6.50. The van der Waals surface area contributed by atoms with Crippen molar-refractivity contribution in [2.75, 3.05) is 11.5 Å². The summed E-state index contributed by atoms with van der Waals surface area (Å²) in [6, 6.07) is 12.0. The second kappa shape index (κ2) is 5.92. The molecule has 1 nitrogen and oxygen atoms in total. The normalized spacial score (nSPS) is 26.4. The van der Waals surface area contributed by atoms with Crippen molar-refractivity contribution in [3.8, 4) is 0 Å². The summed E-state index contributed by atoms with van der Waals surface area (Å²) in [6.45, 7) is 6.97. The van der Waals surface area contributed by atoms with Crippen LogP contribution >= 0.6 is 11.8 Å². The van der Waals surface area contributed by atoms with Crippen LogP contribution in [0, 0.1) is 11.8 Å². The topological polar surface area (TPSA) is 12.0 Å². The molecular formula is C15H23NS. The Morgan fingerprint density at radius 3 is 2.41 bits per heavy atom. The van der Waals surface area contributed by atoms with Gasteiger partial charge in [-0.1, -0.05) is 51.1 Å². The van der Waals surface area contributed by atoms with Crippen molar-refractivity contribution in [3.63, 3.8) is 0 Å². The molecule has 1 aromatic carbocycles. The molecule has 0 amide bonds. The standard InChI is InChI=1S/C15H23NS/c1-11(2)15(13-7-5-4-6-8-13)16-14-10-17-9-12(14)3/h4-8,11-12,14-16H,9-10H2,1-3H3. The lowest BCUT2D eigenvalue weighted by Gasteiger charge is -2.28. The third-order valence-corrected chi connectivity index (χ3v) is 4.94. The van der Waals surface area contributed by atoms with Gasteiger partial charge >= 0.3 is 0 Å². The van der Waals surface area contributed by atoms with Crippen molar-refractivity contribution in [2.45, 2.75) is 32.9 Å². The Morgan fingerprint density at radius 2 is 1.88 bits per heavy atom. The molecule has 0 aromatic heterocycles. The molecule has 1 heterocycles. The third kappa shape index (κ3) is 3.26. The molecule has 1 aliphatic heterocycles. The maximum absolute atomic E-state index is 3.86. The van der Waals surface area contributed by atoms with Gasteiger partial charge in [-0.25, -0.2) is 0 Å². The highest BCUT2D eigenvalue weighted by atomic mass is 32.2. The maximum atomic E-state index is 3.86. The predicted molar refractivity (Wildman–Crippen MR) is 77.4 cm³/mol. The van der Waals surface area contributed by atoms with Crippen LogP contribution < -0.4 is 5.32 Å². The Hall–Kier alpha value is -0.470. The van der Waals surface area contributed by atoms with E-state index in [4.69, 9.17) is 0 Å². The summed E-state index contributed by atoms with van der Waals surface area (Å²) in [4.78, 5) is 0. The molecule has 0 aliphatic carbocycles. The van der Waals surface area contributed by atoms with Gasteiger partial charge in [0.1, 0.15) is 0 Å². The molecule has 17 heavy (non-hydrogen) atoms. The summed E-state index contributed by atoms with van der Waals surface area (Å²) in [7, 11) is 0. The minimum atomic E-state index is 0.488. The molecule has 0 saturated carbocycles. The molecular weight excluding hydrogens is 226 g/mol. The molecule has 2 heteroatoms. The van der Waals surface area contributed by atoms with Gasteiger partial charge in [0.05, 0.1) is 0 Å². The molecule has 3 unspecified atom stereocenters. The molecule has 1 N–H and O–H groups in total. The quantitative estimate of drug-likeness (QED) is 0.872. The van der Waals surface area contributed by atoms with Crippen LogP contribution in [0.15, 0.2) is 30.3 Å². The van der Waals surface area contributed by atoms with Gasteiger partial charge in [0, 0.05) is 17.8 Å². The van der Waals surface area contributed by atoms with Crippen molar-refractivity contribution in [2.24, 2.45) is 11.8 Å². The average molecular weight is 249 g/mol. The molecule has 3 atom stereocenters. The highest BCUT2D eigenvalue weighted by Gasteiger charge is 2.27. The smallest absolute Gasteiger partial charge is 0.0346 e. The average Bonchev–Trinajstić information content (AvgIpc) is 2.72. The minimum Gasteiger partial charge on any atom is -0.306 e. The van der Waals surface area contributed by atoms with Crippen LogP contribution in [0.2, 0.25) is 0 Å². The molecule has 1 fully saturated rings. The number of benzene rings is 1. The molecule has 2 rings (SSSR count). The molecule has 0 spiro atoms. The van der Waals surface area contributed by atoms with E-state index >= 15 is 0 Å². The number of rotatable bonds is 4. The van der Waals surface area contributed by atoms with Crippen LogP contribution in [0.5, 0.6) is 0 Å². The van der Waals surface area contributed by atoms with Gasteiger partial charge in [0.15, 0.2) is 0 Å². The first kappa shape index (κ1) is 13.0. The maximum Gasteiger partial charge on any atom is 0.0346 e. The Balaban J connectivity index is 2.08. The van der Waals surface area contributed by atoms with Crippen molar-refractivity contribution >= 4 is 11.8 Å². The summed E-state index contributed by atoms with van der Waals surface area (Å²) in [5, 5.41) is 3.86. The summed E-state index contributed by atoms with van der Waals surface area (Å²) in [5.74, 6) is 3.99. The van der Waals surface area contributed by atoms with Gasteiger partial charge in [-0.05, 0) is 23.2 Å². The molecule has 1 saturated heterocycles. The van der Waals surface area contributed by atoms with E-state index < -0.39 is 0 Å². The van der Waals surface area contributed by atoms with E-state index in [-0.39, 0.29) is 0 Å². The van der Waals surface area contributed by atoms with Crippen molar-refractivity contribution in [1.29, 1.82) is 0 Å². The van der Waals surface area contributed by atoms with Crippen LogP contribution in [-0.2, 0) is 0 Å². The van der Waals surface area contributed by atoms with E-state index in [9.17, 15) is 0 Å². The van der Waals surface area contributed by atoms with Gasteiger partial charge in [0.25, 0.3) is 0 Å². The molecule has 1 aromatic rings. The minimum absolute atomic E-state index is 0.488. The Labute approximate surface area is 109 Å². The number of thioether (sulfide) groups is 1. The van der Waals surface area contributed by atoms with E-state index in [1.165, 1.54) is 17.1 Å². The molecule has 0 bridgehead atoms. The first-order chi connectivity index (χ1) is 8.18. The second-order valence-electron chi connectivity index (χ2n) is 5.42. The highest BCUT2D eigenvalue weighted by molar-refractivity contribution is 7.99. The number of hydrogen-bond donors (Lipinski definition) is 1. The van der Waals surface area contributed by atoms with Crippen molar-refractivity contribution < 1.29 is 0 Å². The van der Waals surface area contributed by atoms with Gasteiger partial charge in [-0.15, -0.1) is 0 Å². The fourth-order valence-corrected chi connectivity index (χ4v) is 3.86. The van der Waals surface area contributed by atoms with Gasteiger partial charge < -0.3 is 5.32 Å². The van der Waals surface area contributed by atoms with Crippen LogP contribution in [0.1, 0.15) is 32.4 Å². The van der Waals surface area contributed by atoms with Crippen LogP contribution in [-0.4, -0.2) is 17.5 Å². The molecule has 94 valence electrons. The summed E-state index contributed by atoms with van der Waals surface area (Å²) < 4.78 is 0. The molecule has 0 radical (unpaired) electrons. The number of nitrogens with one attached hydrogen (secondary N) is 1. The third-order valence-electron chi connectivity index (χ3n) is 3.58. The van der Waals surface area contributed by atoms with Gasteiger partial charge in [0.2, 0.25) is 0 Å². The van der Waals surface area contributed by atoms with E-state index in [0.29, 0.717) is 18.0 Å². The first-order valence-corrected chi connectivity index (χ1v) is 7.72. The zero-order valence-corrected chi connectivity index (χ0v) is 11.8. The molecule has 1 aliphatic rings. The monoisotopic (exact) mass is 249 g/mol. The largest absolute Gasteiger partial charge is 0.306 e. The SMILES string of the molecule is CC(C)C(NC1CSCC1C)c1ccccc1. The zero-order chi connectivity index (χ0) is 12.3. The number of hydrogen-bond acceptors (Lipinski definition) is 2. The summed E-state index contributed by atoms with van der Waals surface area (Å²) in [5.41, 5.74) is 1.42. The summed E-state index contributed by atoms with van der Waals surface area (Å²) >= 11 is 2.08. The zero-order valence-electron chi connectivity index (χ0n) is 11.0.